The van der Waals surface area contributed by atoms with E-state index in [1.807, 2.05) is 92.9 Å². The monoisotopic (exact) mass is 725 g/mol. The molecule has 2 rings (SSSR count). The summed E-state index contributed by atoms with van der Waals surface area (Å²) in [5, 5.41) is 0. The number of ether oxygens (including phenoxy) is 4. The first kappa shape index (κ1) is 47.1. The van der Waals surface area contributed by atoms with Crippen LogP contribution in [-0.2, 0) is 38.1 Å². The van der Waals surface area contributed by atoms with Crippen molar-refractivity contribution in [1.82, 2.24) is 9.80 Å². The third kappa shape index (κ3) is 20.2. The predicted octanol–water partition coefficient (Wildman–Crippen LogP) is 7.57. The first-order chi connectivity index (χ1) is 23.9. The van der Waals surface area contributed by atoms with Gasteiger partial charge in [0.1, 0.15) is 11.6 Å². The van der Waals surface area contributed by atoms with E-state index in [1.165, 1.54) is 0 Å². The zero-order valence-corrected chi connectivity index (χ0v) is 34.5. The average Bonchev–Trinajstić information content (AvgIpc) is 3.63. The van der Waals surface area contributed by atoms with E-state index in [4.69, 9.17) is 18.9 Å². The molecule has 2 saturated heterocycles. The number of Topliss-reactive ketones (excluding diaryl/α,β-unsaturated/α-hetero) is 2. The van der Waals surface area contributed by atoms with Crippen LogP contribution in [0.25, 0.3) is 0 Å². The topological polar surface area (TPSA) is 112 Å². The summed E-state index contributed by atoms with van der Waals surface area (Å²) < 4.78 is 23.4. The van der Waals surface area contributed by atoms with Crippen LogP contribution >= 0.6 is 0 Å². The van der Waals surface area contributed by atoms with Gasteiger partial charge in [-0.1, -0.05) is 34.1 Å². The summed E-state index contributed by atoms with van der Waals surface area (Å²) in [5.74, 6) is 1.14. The Labute approximate surface area is 311 Å². The van der Waals surface area contributed by atoms with Gasteiger partial charge in [0.2, 0.25) is 11.8 Å². The molecule has 0 aromatic rings. The second kappa shape index (κ2) is 25.2. The maximum absolute atomic E-state index is 12.7. The van der Waals surface area contributed by atoms with Crippen molar-refractivity contribution in [3.63, 3.8) is 0 Å². The highest BCUT2D eigenvalue weighted by molar-refractivity contribution is 5.81. The SMILES string of the molecule is CC(C)OCC1CC(OC(C)C)CN1C(=O)CCCCC(=O)C(C)C.CC(C)OC[C@@H]1C[C@@H](OC(C)C)CN1C(=O)CCCCCC(=O)C(C)C. The zero-order chi connectivity index (χ0) is 38.7. The van der Waals surface area contributed by atoms with Gasteiger partial charge in [-0.05, 0) is 93.9 Å². The Morgan fingerprint density at radius 2 is 0.824 bits per heavy atom. The predicted molar refractivity (Wildman–Crippen MR) is 204 cm³/mol. The normalized spacial score (nSPS) is 20.7. The Hall–Kier alpha value is -1.88. The summed E-state index contributed by atoms with van der Waals surface area (Å²) in [7, 11) is 0. The summed E-state index contributed by atoms with van der Waals surface area (Å²) >= 11 is 0. The minimum Gasteiger partial charge on any atom is -0.377 e. The third-order valence-corrected chi connectivity index (χ3v) is 9.23. The summed E-state index contributed by atoms with van der Waals surface area (Å²) in [6.45, 7) is 26.3. The fourth-order valence-corrected chi connectivity index (χ4v) is 6.44. The average molecular weight is 725 g/mol. The molecule has 0 aromatic heterocycles. The van der Waals surface area contributed by atoms with Gasteiger partial charge in [-0.15, -0.1) is 0 Å². The highest BCUT2D eigenvalue weighted by Gasteiger charge is 2.37. The van der Waals surface area contributed by atoms with E-state index in [2.05, 4.69) is 0 Å². The highest BCUT2D eigenvalue weighted by Crippen LogP contribution is 2.25. The number of rotatable bonds is 23. The van der Waals surface area contributed by atoms with Crippen LogP contribution in [0.15, 0.2) is 0 Å². The molecule has 0 spiro atoms. The summed E-state index contributed by atoms with van der Waals surface area (Å²) in [5.41, 5.74) is 0. The van der Waals surface area contributed by atoms with Gasteiger partial charge in [0.25, 0.3) is 0 Å². The van der Waals surface area contributed by atoms with Crippen LogP contribution in [0.5, 0.6) is 0 Å². The van der Waals surface area contributed by atoms with Crippen molar-refractivity contribution in [2.45, 2.75) is 202 Å². The second-order valence-corrected chi connectivity index (χ2v) is 16.3. The summed E-state index contributed by atoms with van der Waals surface area (Å²) in [4.78, 5) is 52.5. The molecule has 0 saturated carbocycles. The minimum atomic E-state index is 0.0841. The van der Waals surface area contributed by atoms with Crippen LogP contribution in [0.1, 0.15) is 154 Å². The van der Waals surface area contributed by atoms with Crippen LogP contribution in [0.4, 0.5) is 0 Å². The van der Waals surface area contributed by atoms with Crippen LogP contribution in [-0.4, -0.2) is 108 Å². The number of amides is 2. The van der Waals surface area contributed by atoms with Crippen LogP contribution in [0.2, 0.25) is 0 Å². The number of ketones is 2. The molecule has 2 heterocycles. The Bertz CT molecular complexity index is 1010. The van der Waals surface area contributed by atoms with Crippen molar-refractivity contribution >= 4 is 23.4 Å². The molecule has 0 N–H and O–H groups in total. The molecule has 2 aliphatic rings. The zero-order valence-electron chi connectivity index (χ0n) is 34.5. The largest absolute Gasteiger partial charge is 0.377 e. The number of likely N-dealkylation sites (tertiary alicyclic amines) is 2. The Morgan fingerprint density at radius 3 is 1.16 bits per heavy atom. The number of unbranched alkanes of at least 4 members (excludes halogenated alkanes) is 3. The van der Waals surface area contributed by atoms with Gasteiger partial charge < -0.3 is 28.7 Å². The van der Waals surface area contributed by atoms with E-state index in [1.54, 1.807) is 0 Å². The molecule has 2 unspecified atom stereocenters. The lowest BCUT2D eigenvalue weighted by Gasteiger charge is -2.25. The van der Waals surface area contributed by atoms with Gasteiger partial charge in [-0.25, -0.2) is 0 Å². The number of nitrogens with zero attached hydrogens (tertiary/aromatic N) is 2. The Morgan fingerprint density at radius 1 is 0.490 bits per heavy atom. The number of hydrogen-bond donors (Lipinski definition) is 0. The quantitative estimate of drug-likeness (QED) is 0.0993. The summed E-state index contributed by atoms with van der Waals surface area (Å²) in [6.07, 6.45) is 8.96. The van der Waals surface area contributed by atoms with Gasteiger partial charge >= 0.3 is 0 Å². The fraction of sp³-hybridized carbons (Fsp3) is 0.902. The molecular weight excluding hydrogens is 648 g/mol. The van der Waals surface area contributed by atoms with Crippen LogP contribution < -0.4 is 0 Å². The molecule has 10 heteroatoms. The first-order valence-electron chi connectivity index (χ1n) is 20.1. The van der Waals surface area contributed by atoms with E-state index in [-0.39, 0.29) is 78.1 Å². The van der Waals surface area contributed by atoms with Crippen molar-refractivity contribution in [2.75, 3.05) is 26.3 Å². The third-order valence-electron chi connectivity index (χ3n) is 9.23. The van der Waals surface area contributed by atoms with E-state index in [9.17, 15) is 19.2 Å². The van der Waals surface area contributed by atoms with Gasteiger partial charge in [-0.3, -0.25) is 19.2 Å². The van der Waals surface area contributed by atoms with Gasteiger partial charge in [-0.2, -0.15) is 0 Å². The first-order valence-corrected chi connectivity index (χ1v) is 20.1. The van der Waals surface area contributed by atoms with Crippen molar-refractivity contribution in [1.29, 1.82) is 0 Å². The highest BCUT2D eigenvalue weighted by atomic mass is 16.5. The molecule has 2 amide bonds. The lowest BCUT2D eigenvalue weighted by molar-refractivity contribution is -0.134. The second-order valence-electron chi connectivity index (χ2n) is 16.3. The maximum atomic E-state index is 12.7. The molecule has 0 bridgehead atoms. The van der Waals surface area contributed by atoms with Crippen LogP contribution in [0, 0.1) is 11.8 Å². The van der Waals surface area contributed by atoms with Crippen molar-refractivity contribution in [3.8, 4) is 0 Å². The molecule has 2 aliphatic heterocycles. The van der Waals surface area contributed by atoms with Crippen molar-refractivity contribution in [3.05, 3.63) is 0 Å². The molecule has 4 atom stereocenters. The molecule has 0 aromatic carbocycles. The molecule has 10 nitrogen and oxygen atoms in total. The molecule has 0 aliphatic carbocycles. The number of hydrogen-bond acceptors (Lipinski definition) is 8. The van der Waals surface area contributed by atoms with Crippen LogP contribution in [0.3, 0.4) is 0 Å². The van der Waals surface area contributed by atoms with E-state index in [0.717, 1.165) is 44.9 Å². The number of carbonyl (C=O) groups excluding carboxylic acids is 4. The standard InChI is InChI=1S/C21H39NO4.C20H37NO4/c1-15(2)20(23)10-8-7-9-11-21(24)22-13-19(26-17(5)6)12-18(22)14-25-16(3)4;1-14(2)19(22)9-7-8-10-20(23)21-12-18(25-16(5)6)11-17(21)13-24-15(3)4/h15-19H,7-14H2,1-6H3;14-18H,7-13H2,1-6H3/t18-,19+;/m0./s1. The molecular formula is C41H76N2O8. The van der Waals surface area contributed by atoms with Gasteiger partial charge in [0, 0.05) is 50.6 Å². The molecule has 51 heavy (non-hydrogen) atoms. The minimum absolute atomic E-state index is 0.0841. The molecule has 0 radical (unpaired) electrons. The smallest absolute Gasteiger partial charge is 0.222 e. The van der Waals surface area contributed by atoms with E-state index >= 15 is 0 Å². The van der Waals surface area contributed by atoms with Crippen molar-refractivity contribution in [2.24, 2.45) is 11.8 Å². The summed E-state index contributed by atoms with van der Waals surface area (Å²) in [6, 6.07) is 0.201. The van der Waals surface area contributed by atoms with E-state index < -0.39 is 0 Å². The van der Waals surface area contributed by atoms with E-state index in [0.29, 0.717) is 57.8 Å². The van der Waals surface area contributed by atoms with Crippen molar-refractivity contribution < 1.29 is 38.1 Å². The van der Waals surface area contributed by atoms with Gasteiger partial charge in [0.15, 0.2) is 0 Å². The number of carbonyl (C=O) groups is 4. The Balaban J connectivity index is 0.000000510. The Kier molecular flexibility index (Phi) is 23.3. The fourth-order valence-electron chi connectivity index (χ4n) is 6.44. The lowest BCUT2D eigenvalue weighted by atomic mass is 10.0. The van der Waals surface area contributed by atoms with Gasteiger partial charge in [0.05, 0.1) is 61.9 Å². The molecule has 298 valence electrons. The lowest BCUT2D eigenvalue weighted by Crippen LogP contribution is -2.39. The maximum Gasteiger partial charge on any atom is 0.222 e. The molecule has 2 fully saturated rings.